The van der Waals surface area contributed by atoms with Crippen LogP contribution in [-0.4, -0.2) is 34.2 Å². The fraction of sp³-hybridized carbons (Fsp3) is 0.222. The lowest BCUT2D eigenvalue weighted by atomic mass is 10.0. The molecule has 2 unspecified atom stereocenters. The van der Waals surface area contributed by atoms with E-state index in [0.29, 0.717) is 22.0 Å². The number of anilines is 1. The van der Waals surface area contributed by atoms with Gasteiger partial charge in [-0.25, -0.2) is 4.98 Å². The molecule has 8 nitrogen and oxygen atoms in total. The number of rotatable bonds is 5. The summed E-state index contributed by atoms with van der Waals surface area (Å²) in [7, 11) is 0. The third-order valence-electron chi connectivity index (χ3n) is 3.99. The minimum absolute atomic E-state index is 0.212. The fourth-order valence-electron chi connectivity index (χ4n) is 2.71. The third kappa shape index (κ3) is 4.59. The molecule has 0 radical (unpaired) electrons. The van der Waals surface area contributed by atoms with Gasteiger partial charge in [0.05, 0.1) is 30.3 Å². The zero-order valence-electron chi connectivity index (χ0n) is 14.3. The van der Waals surface area contributed by atoms with Gasteiger partial charge >= 0.3 is 11.9 Å². The number of esters is 1. The Kier molecular flexibility index (Phi) is 6.13. The molecule has 1 aliphatic rings. The largest absolute Gasteiger partial charge is 0.481 e. The van der Waals surface area contributed by atoms with Gasteiger partial charge < -0.3 is 15.2 Å². The Balaban J connectivity index is 1.95. The second-order valence-corrected chi connectivity index (χ2v) is 6.74. The molecule has 0 spiro atoms. The predicted octanol–water partition coefficient (Wildman–Crippen LogP) is 2.75. The number of benzene rings is 1. The van der Waals surface area contributed by atoms with Crippen molar-refractivity contribution in [1.29, 1.82) is 0 Å². The maximum Gasteiger partial charge on any atom is 0.308 e. The lowest BCUT2D eigenvalue weighted by Gasteiger charge is -2.22. The smallest absolute Gasteiger partial charge is 0.308 e. The number of fused-ring (bicyclic) bond motifs is 1. The Bertz CT molecular complexity index is 937. The number of ether oxygens (including phenoxy) is 1. The number of pyridine rings is 1. The van der Waals surface area contributed by atoms with Crippen LogP contribution >= 0.6 is 23.2 Å². The summed E-state index contributed by atoms with van der Waals surface area (Å²) < 4.78 is 5.16. The van der Waals surface area contributed by atoms with Crippen LogP contribution in [0.15, 0.2) is 36.4 Å². The first kappa shape index (κ1) is 20.1. The average molecular weight is 424 g/mol. The molecule has 2 aromatic rings. The lowest BCUT2D eigenvalue weighted by Crippen LogP contribution is -2.43. The summed E-state index contributed by atoms with van der Waals surface area (Å²) in [5.41, 5.74) is 1.39. The van der Waals surface area contributed by atoms with Crippen LogP contribution in [0.3, 0.4) is 0 Å². The van der Waals surface area contributed by atoms with E-state index in [1.54, 1.807) is 30.3 Å². The molecule has 2 heterocycles. The molecule has 0 saturated heterocycles. The number of hydrogen-bond acceptors (Lipinski definition) is 6. The summed E-state index contributed by atoms with van der Waals surface area (Å²) in [6, 6.07) is 9.33. The zero-order chi connectivity index (χ0) is 20.3. The van der Waals surface area contributed by atoms with Gasteiger partial charge in [0.25, 0.3) is 5.91 Å². The van der Waals surface area contributed by atoms with Gasteiger partial charge in [-0.05, 0) is 23.8 Å². The Morgan fingerprint density at radius 1 is 1.14 bits per heavy atom. The number of halogens is 2. The van der Waals surface area contributed by atoms with E-state index < -0.39 is 36.5 Å². The van der Waals surface area contributed by atoms with E-state index in [1.807, 2.05) is 0 Å². The summed E-state index contributed by atoms with van der Waals surface area (Å²) in [4.78, 5) is 39.4. The van der Waals surface area contributed by atoms with E-state index in [4.69, 9.17) is 33.0 Å². The summed E-state index contributed by atoms with van der Waals surface area (Å²) in [6.07, 6.45) is -2.15. The number of nitrogens with zero attached hydrogens (tertiary/aromatic N) is 1. The molecule has 28 heavy (non-hydrogen) atoms. The summed E-state index contributed by atoms with van der Waals surface area (Å²) in [5, 5.41) is 14.9. The van der Waals surface area contributed by atoms with Gasteiger partial charge in [0.1, 0.15) is 5.15 Å². The maximum absolute atomic E-state index is 12.5. The number of carbonyl (C=O) groups is 3. The van der Waals surface area contributed by atoms with Crippen LogP contribution in [0.2, 0.25) is 10.2 Å². The predicted molar refractivity (Wildman–Crippen MR) is 101 cm³/mol. The van der Waals surface area contributed by atoms with E-state index in [0.717, 1.165) is 0 Å². The number of hydrogen-bond donors (Lipinski definition) is 3. The van der Waals surface area contributed by atoms with E-state index >= 15 is 0 Å². The van der Waals surface area contributed by atoms with Crippen LogP contribution in [0.4, 0.5) is 5.69 Å². The highest BCUT2D eigenvalue weighted by atomic mass is 35.5. The van der Waals surface area contributed by atoms with E-state index in [1.165, 1.54) is 6.07 Å². The van der Waals surface area contributed by atoms with Crippen LogP contribution in [0.1, 0.15) is 30.1 Å². The second-order valence-electron chi connectivity index (χ2n) is 5.94. The van der Waals surface area contributed by atoms with E-state index in [2.05, 4.69) is 15.6 Å². The molecule has 1 aromatic carbocycles. The number of carboxylic acids is 1. The van der Waals surface area contributed by atoms with Gasteiger partial charge in [-0.15, -0.1) is 0 Å². The van der Waals surface area contributed by atoms with Gasteiger partial charge in [0, 0.05) is 5.02 Å². The van der Waals surface area contributed by atoms with Crippen molar-refractivity contribution in [2.24, 2.45) is 0 Å². The standard InChI is InChI=1S/C18H15Cl2N3O5/c19-10-4-2-1-3-9(10)15-16-11(5-6-12(20)22-16)21-17(27)18(23-15)28-14(26)8-7-13(24)25/h1-6,15,18,23H,7-8H2,(H,21,27)(H,24,25). The fourth-order valence-corrected chi connectivity index (χ4v) is 3.11. The number of aliphatic carboxylic acids is 1. The summed E-state index contributed by atoms with van der Waals surface area (Å²) in [5.74, 6) is -2.61. The van der Waals surface area contributed by atoms with Crippen molar-refractivity contribution in [2.75, 3.05) is 5.32 Å². The van der Waals surface area contributed by atoms with Crippen molar-refractivity contribution in [3.63, 3.8) is 0 Å². The van der Waals surface area contributed by atoms with Crippen molar-refractivity contribution in [3.8, 4) is 0 Å². The first-order valence-corrected chi connectivity index (χ1v) is 9.00. The Labute approximate surface area is 169 Å². The van der Waals surface area contributed by atoms with Crippen LogP contribution in [0.5, 0.6) is 0 Å². The lowest BCUT2D eigenvalue weighted by molar-refractivity contribution is -0.157. The number of carboxylic acid groups (broad SMARTS) is 1. The summed E-state index contributed by atoms with van der Waals surface area (Å²) in [6.45, 7) is 0. The number of carbonyl (C=O) groups excluding carboxylic acids is 2. The monoisotopic (exact) mass is 423 g/mol. The van der Waals surface area contributed by atoms with Gasteiger partial charge in [-0.1, -0.05) is 41.4 Å². The number of nitrogens with one attached hydrogen (secondary N) is 2. The van der Waals surface area contributed by atoms with Gasteiger partial charge in [0.2, 0.25) is 6.23 Å². The second kappa shape index (κ2) is 8.55. The van der Waals surface area contributed by atoms with Crippen LogP contribution < -0.4 is 10.6 Å². The molecule has 2 atom stereocenters. The molecule has 146 valence electrons. The van der Waals surface area contributed by atoms with Gasteiger partial charge in [0.15, 0.2) is 0 Å². The molecule has 3 rings (SSSR count). The molecule has 1 aromatic heterocycles. The average Bonchev–Trinajstić information content (AvgIpc) is 2.77. The van der Waals surface area contributed by atoms with Crippen molar-refractivity contribution >= 4 is 46.7 Å². The minimum Gasteiger partial charge on any atom is -0.481 e. The molecule has 0 bridgehead atoms. The maximum atomic E-state index is 12.5. The number of amides is 1. The van der Waals surface area contributed by atoms with Gasteiger partial charge in [-0.2, -0.15) is 0 Å². The quantitative estimate of drug-likeness (QED) is 0.499. The Morgan fingerprint density at radius 3 is 2.61 bits per heavy atom. The topological polar surface area (TPSA) is 118 Å². The molecule has 0 saturated carbocycles. The molecule has 3 N–H and O–H groups in total. The van der Waals surface area contributed by atoms with Crippen molar-refractivity contribution in [2.45, 2.75) is 25.1 Å². The van der Waals surface area contributed by atoms with Crippen molar-refractivity contribution in [1.82, 2.24) is 10.3 Å². The van der Waals surface area contributed by atoms with Crippen LogP contribution in [-0.2, 0) is 19.1 Å². The third-order valence-corrected chi connectivity index (χ3v) is 4.54. The summed E-state index contributed by atoms with van der Waals surface area (Å²) >= 11 is 12.3. The zero-order valence-corrected chi connectivity index (χ0v) is 15.8. The molecule has 10 heteroatoms. The Morgan fingerprint density at radius 2 is 1.89 bits per heavy atom. The molecule has 1 amide bonds. The van der Waals surface area contributed by atoms with Crippen LogP contribution in [0, 0.1) is 0 Å². The minimum atomic E-state index is -1.38. The van der Waals surface area contributed by atoms with Crippen molar-refractivity contribution in [3.05, 3.63) is 57.8 Å². The molecular weight excluding hydrogens is 409 g/mol. The van der Waals surface area contributed by atoms with Gasteiger partial charge in [-0.3, -0.25) is 19.7 Å². The van der Waals surface area contributed by atoms with E-state index in [9.17, 15) is 14.4 Å². The SMILES string of the molecule is O=C(O)CCC(=O)OC1NC(c2ccccc2Cl)c2nc(Cl)ccc2NC1=O. The number of aromatic nitrogens is 1. The molecule has 1 aliphatic heterocycles. The molecule has 0 fully saturated rings. The molecular formula is C18H15Cl2N3O5. The highest BCUT2D eigenvalue weighted by Gasteiger charge is 2.34. The van der Waals surface area contributed by atoms with Crippen LogP contribution in [0.25, 0.3) is 0 Å². The first-order chi connectivity index (χ1) is 13.3. The Hall–Kier alpha value is -2.68. The molecule has 0 aliphatic carbocycles. The van der Waals surface area contributed by atoms with E-state index in [-0.39, 0.29) is 11.6 Å². The highest BCUT2D eigenvalue weighted by molar-refractivity contribution is 6.31. The first-order valence-electron chi connectivity index (χ1n) is 8.24. The van der Waals surface area contributed by atoms with Crippen molar-refractivity contribution < 1.29 is 24.2 Å². The normalized spacial score (nSPS) is 18.6. The highest BCUT2D eigenvalue weighted by Crippen LogP contribution is 2.34.